The van der Waals surface area contributed by atoms with E-state index in [1.165, 1.54) is 5.56 Å². The van der Waals surface area contributed by atoms with Crippen molar-refractivity contribution in [3.8, 4) is 0 Å². The molecule has 4 rings (SSSR count). The molecule has 0 radical (unpaired) electrons. The second kappa shape index (κ2) is 8.21. The molecular formula is C24H27NO6. The number of carboxylic acid groups (broad SMARTS) is 1. The van der Waals surface area contributed by atoms with Gasteiger partial charge in [-0.1, -0.05) is 13.8 Å². The van der Waals surface area contributed by atoms with Crippen LogP contribution >= 0.6 is 0 Å². The number of carbonyl (C=O) groups is 2. The lowest BCUT2D eigenvalue weighted by molar-refractivity contribution is -0.143. The van der Waals surface area contributed by atoms with Gasteiger partial charge in [0.2, 0.25) is 5.91 Å². The minimum absolute atomic E-state index is 0.0109. The molecule has 1 aliphatic rings. The molecule has 0 fully saturated rings. The topological polar surface area (TPSA) is 110 Å². The van der Waals surface area contributed by atoms with Crippen LogP contribution in [0.4, 0.5) is 0 Å². The molecule has 7 nitrogen and oxygen atoms in total. The molecular weight excluding hydrogens is 398 g/mol. The maximum atomic E-state index is 12.6. The Hall–Kier alpha value is -3.09. The monoisotopic (exact) mass is 425 g/mol. The first kappa shape index (κ1) is 21.2. The largest absolute Gasteiger partial charge is 0.480 e. The van der Waals surface area contributed by atoms with Crippen molar-refractivity contribution in [2.75, 3.05) is 0 Å². The van der Waals surface area contributed by atoms with Crippen molar-refractivity contribution in [1.29, 1.82) is 0 Å². The molecule has 7 heteroatoms. The van der Waals surface area contributed by atoms with Crippen LogP contribution in [0.5, 0.6) is 0 Å². The molecule has 1 amide bonds. The van der Waals surface area contributed by atoms with Crippen molar-refractivity contribution in [3.05, 3.63) is 45.0 Å². The van der Waals surface area contributed by atoms with Gasteiger partial charge in [0.15, 0.2) is 0 Å². The highest BCUT2D eigenvalue weighted by Gasteiger charge is 2.24. The molecule has 0 saturated heterocycles. The van der Waals surface area contributed by atoms with Gasteiger partial charge in [-0.15, -0.1) is 0 Å². The van der Waals surface area contributed by atoms with Crippen LogP contribution in [0.2, 0.25) is 0 Å². The third-order valence-corrected chi connectivity index (χ3v) is 6.21. The number of hydrogen-bond acceptors (Lipinski definition) is 5. The van der Waals surface area contributed by atoms with Crippen molar-refractivity contribution >= 4 is 33.8 Å². The van der Waals surface area contributed by atoms with Gasteiger partial charge in [0, 0.05) is 40.8 Å². The number of nitrogens with one attached hydrogen (secondary N) is 1. The summed E-state index contributed by atoms with van der Waals surface area (Å²) in [5.74, 6) is -0.694. The summed E-state index contributed by atoms with van der Waals surface area (Å²) in [5.41, 5.74) is 3.19. The zero-order valence-corrected chi connectivity index (χ0v) is 18.0. The van der Waals surface area contributed by atoms with Crippen molar-refractivity contribution in [2.24, 2.45) is 5.92 Å². The van der Waals surface area contributed by atoms with E-state index < -0.39 is 23.5 Å². The molecule has 2 aromatic heterocycles. The SMILES string of the molecule is Cc1c(CCC(=O)N[C@H](C(=O)O)C(C)C)c(=O)oc2cc3oc4c(c3cc12)CCCC4. The van der Waals surface area contributed by atoms with E-state index in [1.807, 2.05) is 13.0 Å². The fourth-order valence-corrected chi connectivity index (χ4v) is 4.43. The van der Waals surface area contributed by atoms with E-state index in [0.29, 0.717) is 11.1 Å². The quantitative estimate of drug-likeness (QED) is 0.580. The van der Waals surface area contributed by atoms with Crippen LogP contribution in [-0.4, -0.2) is 23.0 Å². The highest BCUT2D eigenvalue weighted by Crippen LogP contribution is 2.35. The molecule has 0 saturated carbocycles. The van der Waals surface area contributed by atoms with Crippen LogP contribution in [-0.2, 0) is 28.9 Å². The normalized spacial score (nSPS) is 14.7. The van der Waals surface area contributed by atoms with E-state index in [4.69, 9.17) is 8.83 Å². The fraction of sp³-hybridized carbons (Fsp3) is 0.458. The predicted octanol–water partition coefficient (Wildman–Crippen LogP) is 3.88. The van der Waals surface area contributed by atoms with Crippen molar-refractivity contribution in [2.45, 2.75) is 65.3 Å². The first-order valence-electron chi connectivity index (χ1n) is 10.8. The second-order valence-electron chi connectivity index (χ2n) is 8.68. The molecule has 2 N–H and O–H groups in total. The number of carbonyl (C=O) groups excluding carboxylic acids is 1. The summed E-state index contributed by atoms with van der Waals surface area (Å²) < 4.78 is 11.6. The molecule has 0 aliphatic heterocycles. The van der Waals surface area contributed by atoms with E-state index in [9.17, 15) is 19.5 Å². The zero-order valence-electron chi connectivity index (χ0n) is 18.0. The van der Waals surface area contributed by atoms with E-state index in [0.717, 1.165) is 53.4 Å². The van der Waals surface area contributed by atoms with Gasteiger partial charge in [-0.2, -0.15) is 0 Å². The van der Waals surface area contributed by atoms with E-state index >= 15 is 0 Å². The van der Waals surface area contributed by atoms with Gasteiger partial charge in [0.25, 0.3) is 0 Å². The molecule has 1 aliphatic carbocycles. The molecule has 31 heavy (non-hydrogen) atoms. The average molecular weight is 425 g/mol. The number of hydrogen-bond donors (Lipinski definition) is 2. The number of aryl methyl sites for hydroxylation is 3. The van der Waals surface area contributed by atoms with Crippen LogP contribution in [0.3, 0.4) is 0 Å². The summed E-state index contributed by atoms with van der Waals surface area (Å²) in [6.07, 6.45) is 4.36. The maximum Gasteiger partial charge on any atom is 0.339 e. The van der Waals surface area contributed by atoms with Gasteiger partial charge in [0.05, 0.1) is 0 Å². The Kier molecular flexibility index (Phi) is 5.60. The Morgan fingerprint density at radius 3 is 2.52 bits per heavy atom. The van der Waals surface area contributed by atoms with E-state index in [1.54, 1.807) is 19.9 Å². The van der Waals surface area contributed by atoms with Crippen molar-refractivity contribution < 1.29 is 23.5 Å². The minimum Gasteiger partial charge on any atom is -0.480 e. The Bertz CT molecular complexity index is 1230. The molecule has 1 aromatic carbocycles. The Labute approximate surface area is 179 Å². The lowest BCUT2D eigenvalue weighted by Crippen LogP contribution is -2.44. The van der Waals surface area contributed by atoms with Crippen LogP contribution in [0, 0.1) is 12.8 Å². The zero-order chi connectivity index (χ0) is 22.3. The van der Waals surface area contributed by atoms with Gasteiger partial charge < -0.3 is 19.3 Å². The van der Waals surface area contributed by atoms with Gasteiger partial charge >= 0.3 is 11.6 Å². The van der Waals surface area contributed by atoms with Gasteiger partial charge in [0.1, 0.15) is 23.0 Å². The number of rotatable bonds is 6. The number of benzene rings is 1. The molecule has 3 aromatic rings. The smallest absolute Gasteiger partial charge is 0.339 e. The summed E-state index contributed by atoms with van der Waals surface area (Å²) in [6, 6.07) is 2.86. The number of aliphatic carboxylic acids is 1. The third kappa shape index (κ3) is 3.96. The van der Waals surface area contributed by atoms with Crippen LogP contribution in [0.15, 0.2) is 25.8 Å². The first-order chi connectivity index (χ1) is 14.8. The van der Waals surface area contributed by atoms with Gasteiger partial charge in [-0.3, -0.25) is 4.79 Å². The van der Waals surface area contributed by atoms with Crippen LogP contribution < -0.4 is 10.9 Å². The number of carboxylic acids is 1. The first-order valence-corrected chi connectivity index (χ1v) is 10.8. The maximum absolute atomic E-state index is 12.6. The summed E-state index contributed by atoms with van der Waals surface area (Å²) in [5, 5.41) is 13.7. The molecule has 0 bridgehead atoms. The molecule has 1 atom stereocenters. The Balaban J connectivity index is 1.64. The highest BCUT2D eigenvalue weighted by molar-refractivity contribution is 5.97. The lowest BCUT2D eigenvalue weighted by atomic mass is 9.94. The summed E-state index contributed by atoms with van der Waals surface area (Å²) in [7, 11) is 0. The predicted molar refractivity (Wildman–Crippen MR) is 116 cm³/mol. The highest BCUT2D eigenvalue weighted by atomic mass is 16.4. The van der Waals surface area contributed by atoms with E-state index in [-0.39, 0.29) is 18.8 Å². The van der Waals surface area contributed by atoms with Gasteiger partial charge in [-0.05, 0) is 50.2 Å². The average Bonchev–Trinajstić information content (AvgIpc) is 3.07. The molecule has 0 unspecified atom stereocenters. The van der Waals surface area contributed by atoms with Crippen molar-refractivity contribution in [1.82, 2.24) is 5.32 Å². The lowest BCUT2D eigenvalue weighted by Gasteiger charge is -2.18. The number of amides is 1. The molecule has 164 valence electrons. The fourth-order valence-electron chi connectivity index (χ4n) is 4.43. The summed E-state index contributed by atoms with van der Waals surface area (Å²) in [4.78, 5) is 36.2. The summed E-state index contributed by atoms with van der Waals surface area (Å²) >= 11 is 0. The van der Waals surface area contributed by atoms with Crippen LogP contribution in [0.25, 0.3) is 21.9 Å². The molecule has 2 heterocycles. The van der Waals surface area contributed by atoms with E-state index in [2.05, 4.69) is 5.32 Å². The standard InChI is InChI=1S/C24H27NO6/c1-12(2)22(23(27)28)25-21(26)9-8-14-13(3)16-10-17-15-6-4-5-7-18(15)30-20(17)11-19(16)31-24(14)29/h10-12,22H,4-9H2,1-3H3,(H,25,26)(H,27,28)/t22-/m0/s1. The Morgan fingerprint density at radius 1 is 1.10 bits per heavy atom. The number of fused-ring (bicyclic) bond motifs is 4. The molecule has 0 spiro atoms. The van der Waals surface area contributed by atoms with Crippen LogP contribution in [0.1, 0.15) is 55.6 Å². The third-order valence-electron chi connectivity index (χ3n) is 6.21. The number of furan rings is 1. The summed E-state index contributed by atoms with van der Waals surface area (Å²) in [6.45, 7) is 5.33. The minimum atomic E-state index is -1.07. The van der Waals surface area contributed by atoms with Crippen molar-refractivity contribution in [3.63, 3.8) is 0 Å². The second-order valence-corrected chi connectivity index (χ2v) is 8.68. The Morgan fingerprint density at radius 2 is 1.81 bits per heavy atom. The van der Waals surface area contributed by atoms with Gasteiger partial charge in [-0.25, -0.2) is 9.59 Å².